The average Bonchev–Trinajstić information content (AvgIpc) is 1.68. The van der Waals surface area contributed by atoms with Gasteiger partial charge < -0.3 is 0 Å². The molecular weight excluding hydrogens is 84.1 g/mol. The Labute approximate surface area is 45.5 Å². The first kappa shape index (κ1) is 6.48. The summed E-state index contributed by atoms with van der Waals surface area (Å²) in [7, 11) is 0. The largest absolute Gasteiger partial charge is 0.0736 e. The van der Waals surface area contributed by atoms with Crippen LogP contribution in [-0.4, -0.2) is 0 Å². The van der Waals surface area contributed by atoms with E-state index in [0.29, 0.717) is 0 Å². The summed E-state index contributed by atoms with van der Waals surface area (Å²) in [5.74, 6) is 0. The van der Waals surface area contributed by atoms with Crippen LogP contribution in [0.2, 0.25) is 0 Å². The molecule has 0 heterocycles. The third kappa shape index (κ3) is 3.31. The van der Waals surface area contributed by atoms with Crippen molar-refractivity contribution in [2.75, 3.05) is 0 Å². The molecule has 0 bridgehead atoms. The number of rotatable bonds is 2. The Morgan fingerprint density at radius 2 is 2.29 bits per heavy atom. The van der Waals surface area contributed by atoms with Gasteiger partial charge in [0, 0.05) is 0 Å². The molecule has 0 aromatic heterocycles. The minimum atomic E-state index is 1.09. The molecule has 0 nitrogen and oxygen atoms in total. The SMILES string of the molecule is [CH]=CC=C(C)CC. The topological polar surface area (TPSA) is 0 Å². The Hall–Kier alpha value is -0.520. The monoisotopic (exact) mass is 95.1 g/mol. The highest BCUT2D eigenvalue weighted by Gasteiger charge is 1.74. The second-order valence-corrected chi connectivity index (χ2v) is 1.56. The van der Waals surface area contributed by atoms with E-state index in [1.807, 2.05) is 6.08 Å². The summed E-state index contributed by atoms with van der Waals surface area (Å²) in [5.41, 5.74) is 1.32. The third-order valence-electron chi connectivity index (χ3n) is 0.938. The van der Waals surface area contributed by atoms with Gasteiger partial charge in [-0.2, -0.15) is 0 Å². The Kier molecular flexibility index (Phi) is 3.39. The van der Waals surface area contributed by atoms with Crippen molar-refractivity contribution in [2.24, 2.45) is 0 Å². The zero-order chi connectivity index (χ0) is 5.70. The smallest absolute Gasteiger partial charge is 0.0349 e. The maximum Gasteiger partial charge on any atom is -0.0349 e. The molecular formula is C7H11. The van der Waals surface area contributed by atoms with Crippen LogP contribution in [0, 0.1) is 6.58 Å². The molecule has 0 aliphatic heterocycles. The van der Waals surface area contributed by atoms with Crippen LogP contribution in [0.3, 0.4) is 0 Å². The fourth-order valence-electron chi connectivity index (χ4n) is 0.282. The van der Waals surface area contributed by atoms with Crippen LogP contribution in [0.4, 0.5) is 0 Å². The fraction of sp³-hybridized carbons (Fsp3) is 0.429. The second-order valence-electron chi connectivity index (χ2n) is 1.56. The molecule has 0 aromatic carbocycles. The Morgan fingerprint density at radius 1 is 1.71 bits per heavy atom. The van der Waals surface area contributed by atoms with E-state index in [1.54, 1.807) is 6.08 Å². The van der Waals surface area contributed by atoms with Gasteiger partial charge in [0.1, 0.15) is 0 Å². The lowest BCUT2D eigenvalue weighted by Crippen LogP contribution is -1.65. The molecule has 0 heteroatoms. The maximum absolute atomic E-state index is 5.10. The minimum absolute atomic E-state index is 1.09. The zero-order valence-electron chi connectivity index (χ0n) is 4.94. The summed E-state index contributed by atoms with van der Waals surface area (Å²) in [6.45, 7) is 9.27. The number of hydrogen-bond donors (Lipinski definition) is 0. The molecule has 0 N–H and O–H groups in total. The molecule has 0 aliphatic carbocycles. The van der Waals surface area contributed by atoms with Gasteiger partial charge in [-0.05, 0) is 13.3 Å². The molecule has 0 aromatic rings. The molecule has 0 rings (SSSR count). The van der Waals surface area contributed by atoms with Crippen LogP contribution in [0.15, 0.2) is 17.7 Å². The second kappa shape index (κ2) is 3.66. The zero-order valence-corrected chi connectivity index (χ0v) is 4.94. The van der Waals surface area contributed by atoms with Gasteiger partial charge in [0.05, 0.1) is 0 Å². The predicted molar refractivity (Wildman–Crippen MR) is 32.9 cm³/mol. The lowest BCUT2D eigenvalue weighted by atomic mass is 10.2. The average molecular weight is 95.2 g/mol. The summed E-state index contributed by atoms with van der Waals surface area (Å²) in [4.78, 5) is 0. The van der Waals surface area contributed by atoms with E-state index in [9.17, 15) is 0 Å². The summed E-state index contributed by atoms with van der Waals surface area (Å²) < 4.78 is 0. The molecule has 0 atom stereocenters. The predicted octanol–water partition coefficient (Wildman–Crippen LogP) is 2.33. The van der Waals surface area contributed by atoms with Crippen LogP contribution >= 0.6 is 0 Å². The lowest BCUT2D eigenvalue weighted by Gasteiger charge is -1.86. The molecule has 1 radical (unpaired) electrons. The molecule has 0 amide bonds. The Morgan fingerprint density at radius 3 is 2.43 bits per heavy atom. The first-order valence-corrected chi connectivity index (χ1v) is 2.52. The molecule has 0 saturated heterocycles. The molecule has 39 valence electrons. The maximum atomic E-state index is 5.10. The van der Waals surface area contributed by atoms with Gasteiger partial charge in [-0.15, -0.1) is 0 Å². The van der Waals surface area contributed by atoms with Crippen LogP contribution < -0.4 is 0 Å². The van der Waals surface area contributed by atoms with Crippen molar-refractivity contribution in [1.82, 2.24) is 0 Å². The lowest BCUT2D eigenvalue weighted by molar-refractivity contribution is 1.10. The summed E-state index contributed by atoms with van der Waals surface area (Å²) in [5, 5.41) is 0. The van der Waals surface area contributed by atoms with Crippen LogP contribution in [0.25, 0.3) is 0 Å². The van der Waals surface area contributed by atoms with E-state index in [-0.39, 0.29) is 0 Å². The van der Waals surface area contributed by atoms with Crippen LogP contribution in [0.5, 0.6) is 0 Å². The van der Waals surface area contributed by atoms with Crippen molar-refractivity contribution in [3.8, 4) is 0 Å². The van der Waals surface area contributed by atoms with Crippen molar-refractivity contribution in [2.45, 2.75) is 20.3 Å². The van der Waals surface area contributed by atoms with Gasteiger partial charge in [-0.25, -0.2) is 0 Å². The van der Waals surface area contributed by atoms with Gasteiger partial charge in [0.2, 0.25) is 0 Å². The third-order valence-corrected chi connectivity index (χ3v) is 0.938. The standard InChI is InChI=1S/C7H11/c1-4-6-7(3)5-2/h1,4,6H,5H2,2-3H3. The summed E-state index contributed by atoms with van der Waals surface area (Å²) in [6.07, 6.45) is 4.58. The van der Waals surface area contributed by atoms with Gasteiger partial charge in [-0.1, -0.05) is 31.2 Å². The minimum Gasteiger partial charge on any atom is -0.0736 e. The first-order chi connectivity index (χ1) is 3.31. The van der Waals surface area contributed by atoms with Crippen LogP contribution in [0.1, 0.15) is 20.3 Å². The Bertz CT molecular complexity index is 78.0. The Balaban J connectivity index is 3.49. The van der Waals surface area contributed by atoms with E-state index >= 15 is 0 Å². The summed E-state index contributed by atoms with van der Waals surface area (Å²) >= 11 is 0. The van der Waals surface area contributed by atoms with Gasteiger partial charge in [-0.3, -0.25) is 0 Å². The van der Waals surface area contributed by atoms with Crippen molar-refractivity contribution in [1.29, 1.82) is 0 Å². The highest BCUT2D eigenvalue weighted by Crippen LogP contribution is 1.95. The normalized spacial score (nSPS) is 11.4. The van der Waals surface area contributed by atoms with Crippen molar-refractivity contribution in [3.63, 3.8) is 0 Å². The highest BCUT2D eigenvalue weighted by molar-refractivity contribution is 5.05. The fourth-order valence-corrected chi connectivity index (χ4v) is 0.282. The highest BCUT2D eigenvalue weighted by atomic mass is 13.8. The number of hydrogen-bond acceptors (Lipinski definition) is 0. The van der Waals surface area contributed by atoms with E-state index in [1.165, 1.54) is 5.57 Å². The van der Waals surface area contributed by atoms with Crippen LogP contribution in [-0.2, 0) is 0 Å². The van der Waals surface area contributed by atoms with E-state index in [4.69, 9.17) is 6.58 Å². The molecule has 7 heavy (non-hydrogen) atoms. The van der Waals surface area contributed by atoms with Crippen molar-refractivity contribution >= 4 is 0 Å². The molecule has 0 fully saturated rings. The molecule has 0 spiro atoms. The summed E-state index contributed by atoms with van der Waals surface area (Å²) in [6, 6.07) is 0. The molecule has 0 saturated carbocycles. The van der Waals surface area contributed by atoms with Gasteiger partial charge >= 0.3 is 0 Å². The van der Waals surface area contributed by atoms with Gasteiger partial charge in [0.25, 0.3) is 0 Å². The van der Waals surface area contributed by atoms with E-state index < -0.39 is 0 Å². The van der Waals surface area contributed by atoms with Crippen molar-refractivity contribution < 1.29 is 0 Å². The first-order valence-electron chi connectivity index (χ1n) is 2.52. The van der Waals surface area contributed by atoms with Gasteiger partial charge in [0.15, 0.2) is 0 Å². The molecule has 0 unspecified atom stereocenters. The quantitative estimate of drug-likeness (QED) is 0.462. The van der Waals surface area contributed by atoms with Crippen molar-refractivity contribution in [3.05, 3.63) is 24.3 Å². The van der Waals surface area contributed by atoms with E-state index in [0.717, 1.165) is 6.42 Å². The molecule has 0 aliphatic rings. The number of allylic oxidation sites excluding steroid dienone is 3. The van der Waals surface area contributed by atoms with E-state index in [2.05, 4.69) is 13.8 Å².